The van der Waals surface area contributed by atoms with Gasteiger partial charge in [-0.25, -0.2) is 4.98 Å². The molecule has 22 heavy (non-hydrogen) atoms. The smallest absolute Gasteiger partial charge is 0.250 e. The molecule has 0 spiro atoms. The number of para-hydroxylation sites is 1. The first-order valence-corrected chi connectivity index (χ1v) is 7.99. The van der Waals surface area contributed by atoms with Crippen LogP contribution >= 0.6 is 34.5 Å². The van der Waals surface area contributed by atoms with Crippen LogP contribution in [0, 0.1) is 0 Å². The highest BCUT2D eigenvalue weighted by molar-refractivity contribution is 7.22. The van der Waals surface area contributed by atoms with Crippen molar-refractivity contribution in [3.05, 3.63) is 64.1 Å². The van der Waals surface area contributed by atoms with E-state index in [-0.39, 0.29) is 5.91 Å². The highest BCUT2D eigenvalue weighted by Gasteiger charge is 2.05. The molecule has 1 heterocycles. The predicted molar refractivity (Wildman–Crippen MR) is 93.7 cm³/mol. The van der Waals surface area contributed by atoms with Crippen LogP contribution in [0.1, 0.15) is 5.56 Å². The summed E-state index contributed by atoms with van der Waals surface area (Å²) in [4.78, 5) is 16.3. The molecular formula is C16H10Cl2N2OS. The van der Waals surface area contributed by atoms with E-state index in [0.717, 1.165) is 15.8 Å². The Morgan fingerprint density at radius 3 is 2.77 bits per heavy atom. The first-order valence-electron chi connectivity index (χ1n) is 6.41. The molecule has 3 aromatic rings. The summed E-state index contributed by atoms with van der Waals surface area (Å²) in [5.74, 6) is -0.259. The number of hydrogen-bond acceptors (Lipinski definition) is 3. The molecule has 0 atom stereocenters. The number of aromatic nitrogens is 1. The Bertz CT molecular complexity index is 840. The molecule has 0 aliphatic carbocycles. The van der Waals surface area contributed by atoms with E-state index in [1.807, 2.05) is 24.3 Å². The fraction of sp³-hybridized carbons (Fsp3) is 0. The van der Waals surface area contributed by atoms with Crippen molar-refractivity contribution in [3.63, 3.8) is 0 Å². The second-order valence-electron chi connectivity index (χ2n) is 4.48. The van der Waals surface area contributed by atoms with Crippen LogP contribution in [0.15, 0.2) is 48.5 Å². The summed E-state index contributed by atoms with van der Waals surface area (Å²) in [6.07, 6.45) is 3.06. The lowest BCUT2D eigenvalue weighted by atomic mass is 10.2. The molecule has 0 fully saturated rings. The molecule has 0 saturated carbocycles. The predicted octanol–water partition coefficient (Wildman–Crippen LogP) is 5.26. The first-order chi connectivity index (χ1) is 10.6. The van der Waals surface area contributed by atoms with Crippen LogP contribution in [0.5, 0.6) is 0 Å². The number of halogens is 2. The van der Waals surface area contributed by atoms with E-state index in [2.05, 4.69) is 10.3 Å². The van der Waals surface area contributed by atoms with Crippen molar-refractivity contribution in [1.29, 1.82) is 0 Å². The maximum atomic E-state index is 11.9. The molecule has 0 radical (unpaired) electrons. The second kappa shape index (κ2) is 6.48. The Hall–Kier alpha value is -1.88. The number of fused-ring (bicyclic) bond motifs is 1. The molecule has 1 aromatic heterocycles. The fourth-order valence-electron chi connectivity index (χ4n) is 1.87. The summed E-state index contributed by atoms with van der Waals surface area (Å²) in [5.41, 5.74) is 1.60. The van der Waals surface area contributed by atoms with Gasteiger partial charge in [0.15, 0.2) is 5.13 Å². The van der Waals surface area contributed by atoms with Crippen molar-refractivity contribution < 1.29 is 4.79 Å². The average Bonchev–Trinajstić information content (AvgIpc) is 2.88. The van der Waals surface area contributed by atoms with Gasteiger partial charge >= 0.3 is 0 Å². The number of nitrogens with zero attached hydrogens (tertiary/aromatic N) is 1. The van der Waals surface area contributed by atoms with Gasteiger partial charge in [-0.3, -0.25) is 10.1 Å². The molecule has 3 rings (SSSR count). The van der Waals surface area contributed by atoms with E-state index < -0.39 is 0 Å². The van der Waals surface area contributed by atoms with Crippen molar-refractivity contribution in [2.75, 3.05) is 5.32 Å². The quantitative estimate of drug-likeness (QED) is 0.656. The van der Waals surface area contributed by atoms with Gasteiger partial charge in [-0.05, 0) is 35.9 Å². The van der Waals surface area contributed by atoms with Gasteiger partial charge in [-0.15, -0.1) is 0 Å². The van der Waals surface area contributed by atoms with Crippen molar-refractivity contribution in [2.24, 2.45) is 0 Å². The number of hydrogen-bond donors (Lipinski definition) is 1. The van der Waals surface area contributed by atoms with E-state index in [4.69, 9.17) is 23.2 Å². The number of carbonyl (C=O) groups is 1. The maximum Gasteiger partial charge on any atom is 0.250 e. The molecule has 6 heteroatoms. The zero-order valence-electron chi connectivity index (χ0n) is 11.2. The Morgan fingerprint density at radius 2 is 2.00 bits per heavy atom. The van der Waals surface area contributed by atoms with Crippen LogP contribution in [0.4, 0.5) is 5.13 Å². The minimum Gasteiger partial charge on any atom is -0.298 e. The Kier molecular flexibility index (Phi) is 4.43. The van der Waals surface area contributed by atoms with Gasteiger partial charge in [0.2, 0.25) is 5.91 Å². The molecule has 1 amide bonds. The highest BCUT2D eigenvalue weighted by Crippen LogP contribution is 2.25. The lowest BCUT2D eigenvalue weighted by Gasteiger charge is -1.99. The minimum absolute atomic E-state index is 0.259. The van der Waals surface area contributed by atoms with E-state index in [1.165, 1.54) is 17.4 Å². The standard InChI is InChI=1S/C16H10Cl2N2OS/c17-11-7-5-10(12(18)9-11)6-8-15(21)20-16-19-13-3-1-2-4-14(13)22-16/h1-9H,(H,19,20,21)/b8-6+. The SMILES string of the molecule is O=C(/C=C/c1ccc(Cl)cc1Cl)Nc1nc2ccccc2s1. The Labute approximate surface area is 141 Å². The monoisotopic (exact) mass is 348 g/mol. The second-order valence-corrected chi connectivity index (χ2v) is 6.35. The summed E-state index contributed by atoms with van der Waals surface area (Å²) in [5, 5.41) is 4.37. The highest BCUT2D eigenvalue weighted by atomic mass is 35.5. The van der Waals surface area contributed by atoms with Gasteiger partial charge in [0.25, 0.3) is 0 Å². The number of amides is 1. The van der Waals surface area contributed by atoms with Crippen LogP contribution in [-0.2, 0) is 4.79 Å². The summed E-state index contributed by atoms with van der Waals surface area (Å²) in [6, 6.07) is 12.8. The van der Waals surface area contributed by atoms with Crippen molar-refractivity contribution in [1.82, 2.24) is 4.98 Å². The molecule has 0 saturated heterocycles. The van der Waals surface area contributed by atoms with Crippen molar-refractivity contribution >= 4 is 61.9 Å². The molecular weight excluding hydrogens is 339 g/mol. The van der Waals surface area contributed by atoms with E-state index in [0.29, 0.717) is 15.2 Å². The van der Waals surface area contributed by atoms with Gasteiger partial charge in [0, 0.05) is 16.1 Å². The zero-order valence-corrected chi connectivity index (χ0v) is 13.5. The molecule has 0 bridgehead atoms. The lowest BCUT2D eigenvalue weighted by molar-refractivity contribution is -0.111. The zero-order chi connectivity index (χ0) is 15.5. The summed E-state index contributed by atoms with van der Waals surface area (Å²) in [7, 11) is 0. The van der Waals surface area contributed by atoms with Crippen LogP contribution < -0.4 is 5.32 Å². The van der Waals surface area contributed by atoms with E-state index in [9.17, 15) is 4.79 Å². The summed E-state index contributed by atoms with van der Waals surface area (Å²) in [6.45, 7) is 0. The van der Waals surface area contributed by atoms with Gasteiger partial charge in [-0.1, -0.05) is 52.7 Å². The fourth-order valence-corrected chi connectivity index (χ4v) is 3.22. The van der Waals surface area contributed by atoms with Gasteiger partial charge in [0.1, 0.15) is 0 Å². The van der Waals surface area contributed by atoms with E-state index >= 15 is 0 Å². The van der Waals surface area contributed by atoms with E-state index in [1.54, 1.807) is 24.3 Å². The molecule has 1 N–H and O–H groups in total. The molecule has 0 aliphatic rings. The Morgan fingerprint density at radius 1 is 1.18 bits per heavy atom. The van der Waals surface area contributed by atoms with Crippen LogP contribution in [0.3, 0.4) is 0 Å². The molecule has 3 nitrogen and oxygen atoms in total. The van der Waals surface area contributed by atoms with Crippen LogP contribution in [0.25, 0.3) is 16.3 Å². The Balaban J connectivity index is 1.73. The van der Waals surface area contributed by atoms with Crippen molar-refractivity contribution in [3.8, 4) is 0 Å². The number of anilines is 1. The number of benzene rings is 2. The lowest BCUT2D eigenvalue weighted by Crippen LogP contribution is -2.07. The number of thiazole rings is 1. The molecule has 0 aliphatic heterocycles. The first kappa shape index (κ1) is 15.0. The summed E-state index contributed by atoms with van der Waals surface area (Å²) < 4.78 is 1.03. The topological polar surface area (TPSA) is 42.0 Å². The van der Waals surface area contributed by atoms with Crippen LogP contribution in [-0.4, -0.2) is 10.9 Å². The van der Waals surface area contributed by atoms with Crippen molar-refractivity contribution in [2.45, 2.75) is 0 Å². The third kappa shape index (κ3) is 3.47. The van der Waals surface area contributed by atoms with Gasteiger partial charge < -0.3 is 0 Å². The normalized spacial score (nSPS) is 11.2. The molecule has 0 unspecified atom stereocenters. The average molecular weight is 349 g/mol. The van der Waals surface area contributed by atoms with Crippen LogP contribution in [0.2, 0.25) is 10.0 Å². The number of rotatable bonds is 3. The maximum absolute atomic E-state index is 11.9. The third-order valence-electron chi connectivity index (χ3n) is 2.90. The molecule has 2 aromatic carbocycles. The largest absolute Gasteiger partial charge is 0.298 e. The molecule has 110 valence electrons. The number of carbonyl (C=O) groups excluding carboxylic acids is 1. The third-order valence-corrected chi connectivity index (χ3v) is 4.42. The van der Waals surface area contributed by atoms with Gasteiger partial charge in [0.05, 0.1) is 10.2 Å². The summed E-state index contributed by atoms with van der Waals surface area (Å²) >= 11 is 13.3. The van der Waals surface area contributed by atoms with Gasteiger partial charge in [-0.2, -0.15) is 0 Å². The number of nitrogens with one attached hydrogen (secondary N) is 1. The minimum atomic E-state index is -0.259.